The first-order valence-electron chi connectivity index (χ1n) is 8.56. The molecule has 0 bridgehead atoms. The molecule has 142 valence electrons. The first kappa shape index (κ1) is 19.2. The summed E-state index contributed by atoms with van der Waals surface area (Å²) < 4.78 is 16.0. The number of halogens is 1. The number of hydrogen-bond donors (Lipinski definition) is 2. The van der Waals surface area contributed by atoms with E-state index < -0.39 is 11.9 Å². The third-order valence-electron chi connectivity index (χ3n) is 4.41. The van der Waals surface area contributed by atoms with Gasteiger partial charge in [0.05, 0.1) is 11.8 Å². The molecule has 3 rings (SSSR count). The van der Waals surface area contributed by atoms with Crippen LogP contribution in [0.1, 0.15) is 51.6 Å². The average molecular weight is 389 g/mol. The van der Waals surface area contributed by atoms with E-state index in [-0.39, 0.29) is 29.1 Å². The smallest absolute Gasteiger partial charge is 0.269 e. The van der Waals surface area contributed by atoms with Crippen LogP contribution in [0.25, 0.3) is 4.96 Å². The summed E-state index contributed by atoms with van der Waals surface area (Å²) in [6.45, 7) is 3.52. The molecule has 1 unspecified atom stereocenters. The van der Waals surface area contributed by atoms with E-state index in [4.69, 9.17) is 0 Å². The number of thiazole rings is 1. The fraction of sp³-hybridized carbons (Fsp3) is 0.316. The summed E-state index contributed by atoms with van der Waals surface area (Å²) >= 11 is 1.23. The van der Waals surface area contributed by atoms with Crippen molar-refractivity contribution in [2.24, 2.45) is 0 Å². The number of nitrogens with one attached hydrogen (secondary N) is 1. The number of hydrogen-bond acceptors (Lipinski definition) is 5. The highest BCUT2D eigenvalue weighted by molar-refractivity contribution is 7.17. The lowest BCUT2D eigenvalue weighted by atomic mass is 10.0. The van der Waals surface area contributed by atoms with Crippen molar-refractivity contribution >= 4 is 22.2 Å². The highest BCUT2D eigenvalue weighted by atomic mass is 32.1. The summed E-state index contributed by atoms with van der Waals surface area (Å²) in [5.41, 5.74) is 0.883. The molecular formula is C19H20FN3O3S. The van der Waals surface area contributed by atoms with Gasteiger partial charge in [-0.1, -0.05) is 25.1 Å². The molecule has 0 fully saturated rings. The topological polar surface area (TPSA) is 83.7 Å². The molecule has 8 heteroatoms. The molecule has 2 aromatic heterocycles. The summed E-state index contributed by atoms with van der Waals surface area (Å²) in [6.07, 6.45) is -0.349. The number of aliphatic hydroxyl groups excluding tert-OH is 1. The maximum Gasteiger partial charge on any atom is 0.269 e. The lowest BCUT2D eigenvalue weighted by molar-refractivity contribution is 0.0956. The number of carbonyl (C=O) groups excluding carboxylic acids is 1. The van der Waals surface area contributed by atoms with Gasteiger partial charge in [-0.2, -0.15) is 0 Å². The second kappa shape index (κ2) is 7.58. The molecule has 2 heterocycles. The monoisotopic (exact) mass is 389 g/mol. The van der Waals surface area contributed by atoms with Crippen molar-refractivity contribution in [3.05, 3.63) is 67.8 Å². The quantitative estimate of drug-likeness (QED) is 0.703. The molecule has 0 radical (unpaired) electrons. The number of amides is 1. The van der Waals surface area contributed by atoms with E-state index in [1.165, 1.54) is 28.9 Å². The Bertz CT molecular complexity index is 1070. The minimum absolute atomic E-state index is 0.119. The van der Waals surface area contributed by atoms with E-state index in [1.807, 2.05) is 0 Å². The van der Waals surface area contributed by atoms with Crippen molar-refractivity contribution in [3.8, 4) is 0 Å². The van der Waals surface area contributed by atoms with E-state index in [0.29, 0.717) is 27.5 Å². The Morgan fingerprint density at radius 3 is 2.85 bits per heavy atom. The van der Waals surface area contributed by atoms with Crippen molar-refractivity contribution < 1.29 is 14.3 Å². The van der Waals surface area contributed by atoms with Gasteiger partial charge in [-0.05, 0) is 18.9 Å². The lowest BCUT2D eigenvalue weighted by Gasteiger charge is -2.12. The van der Waals surface area contributed by atoms with E-state index >= 15 is 0 Å². The zero-order valence-electron chi connectivity index (χ0n) is 15.2. The van der Waals surface area contributed by atoms with Crippen molar-refractivity contribution in [3.63, 3.8) is 0 Å². The minimum Gasteiger partial charge on any atom is -0.388 e. The molecule has 3 aromatic rings. The SMILES string of the molecule is CCC(O)c1cccc(Cc2cc(=O)n3c(C(=O)NC)c(C)sc3n2)c1F. The van der Waals surface area contributed by atoms with Gasteiger partial charge in [0.15, 0.2) is 4.96 Å². The molecule has 1 amide bonds. The molecule has 1 aromatic carbocycles. The van der Waals surface area contributed by atoms with Gasteiger partial charge in [-0.3, -0.25) is 9.59 Å². The second-order valence-electron chi connectivity index (χ2n) is 6.21. The Morgan fingerprint density at radius 1 is 1.44 bits per heavy atom. The summed E-state index contributed by atoms with van der Waals surface area (Å²) in [4.78, 5) is 30.1. The van der Waals surface area contributed by atoms with Gasteiger partial charge in [-0.25, -0.2) is 13.8 Å². The van der Waals surface area contributed by atoms with Crippen molar-refractivity contribution in [2.45, 2.75) is 32.8 Å². The van der Waals surface area contributed by atoms with E-state index in [9.17, 15) is 19.1 Å². The van der Waals surface area contributed by atoms with E-state index in [0.717, 1.165) is 0 Å². The standard InChI is InChI=1S/C19H20FN3O3S/c1-4-14(24)13-7-5-6-11(16(13)20)8-12-9-15(25)23-17(18(26)21-3)10(2)27-19(23)22-12/h5-7,9,14,24H,4,8H2,1-3H3,(H,21,26). The van der Waals surface area contributed by atoms with Crippen LogP contribution in [0, 0.1) is 12.7 Å². The van der Waals surface area contributed by atoms with Crippen LogP contribution in [-0.4, -0.2) is 27.4 Å². The Kier molecular flexibility index (Phi) is 5.38. The van der Waals surface area contributed by atoms with Crippen LogP contribution in [0.5, 0.6) is 0 Å². The Labute approximate surface area is 159 Å². The number of fused-ring (bicyclic) bond motifs is 1. The van der Waals surface area contributed by atoms with Crippen LogP contribution < -0.4 is 10.9 Å². The molecule has 0 aliphatic rings. The predicted octanol–water partition coefficient (Wildman–Crippen LogP) is 2.60. The maximum atomic E-state index is 14.7. The van der Waals surface area contributed by atoms with Crippen LogP contribution in [0.15, 0.2) is 29.1 Å². The zero-order valence-corrected chi connectivity index (χ0v) is 16.1. The Balaban J connectivity index is 2.05. The molecule has 0 spiro atoms. The molecule has 0 aliphatic carbocycles. The predicted molar refractivity (Wildman–Crippen MR) is 102 cm³/mol. The molecule has 0 saturated heterocycles. The number of carbonyl (C=O) groups is 1. The number of aromatic nitrogens is 2. The average Bonchev–Trinajstić information content (AvgIpc) is 2.98. The highest BCUT2D eigenvalue weighted by Gasteiger charge is 2.19. The molecular weight excluding hydrogens is 369 g/mol. The number of aliphatic hydroxyl groups is 1. The summed E-state index contributed by atoms with van der Waals surface area (Å²) in [7, 11) is 1.50. The number of nitrogens with zero attached hydrogens (tertiary/aromatic N) is 2. The molecule has 2 N–H and O–H groups in total. The number of rotatable bonds is 5. The molecule has 1 atom stereocenters. The van der Waals surface area contributed by atoms with Crippen molar-refractivity contribution in [2.75, 3.05) is 7.05 Å². The lowest BCUT2D eigenvalue weighted by Crippen LogP contribution is -2.25. The number of aryl methyl sites for hydroxylation is 1. The Morgan fingerprint density at radius 2 is 2.19 bits per heavy atom. The van der Waals surface area contributed by atoms with Gasteiger partial charge in [0.25, 0.3) is 11.5 Å². The number of benzene rings is 1. The Hall–Kier alpha value is -2.58. The van der Waals surface area contributed by atoms with Gasteiger partial charge < -0.3 is 10.4 Å². The molecule has 6 nitrogen and oxygen atoms in total. The van der Waals surface area contributed by atoms with Crippen LogP contribution in [0.4, 0.5) is 4.39 Å². The van der Waals surface area contributed by atoms with Crippen molar-refractivity contribution in [1.29, 1.82) is 0 Å². The summed E-state index contributed by atoms with van der Waals surface area (Å²) in [5, 5.41) is 12.5. The molecule has 0 saturated carbocycles. The van der Waals surface area contributed by atoms with Gasteiger partial charge in [-0.15, -0.1) is 11.3 Å². The van der Waals surface area contributed by atoms with Crippen LogP contribution in [0.2, 0.25) is 0 Å². The molecule has 27 heavy (non-hydrogen) atoms. The second-order valence-corrected chi connectivity index (χ2v) is 7.39. The zero-order chi connectivity index (χ0) is 19.7. The largest absolute Gasteiger partial charge is 0.388 e. The third-order valence-corrected chi connectivity index (χ3v) is 5.37. The maximum absolute atomic E-state index is 14.7. The molecule has 0 aliphatic heterocycles. The summed E-state index contributed by atoms with van der Waals surface area (Å²) in [6, 6.07) is 6.15. The van der Waals surface area contributed by atoms with Crippen LogP contribution in [-0.2, 0) is 6.42 Å². The fourth-order valence-electron chi connectivity index (χ4n) is 3.00. The first-order chi connectivity index (χ1) is 12.9. The first-order valence-corrected chi connectivity index (χ1v) is 9.38. The van der Waals surface area contributed by atoms with Crippen LogP contribution >= 0.6 is 11.3 Å². The van der Waals surface area contributed by atoms with Gasteiger partial charge >= 0.3 is 0 Å². The van der Waals surface area contributed by atoms with E-state index in [2.05, 4.69) is 10.3 Å². The van der Waals surface area contributed by atoms with Gasteiger partial charge in [0.2, 0.25) is 0 Å². The fourth-order valence-corrected chi connectivity index (χ4v) is 3.99. The van der Waals surface area contributed by atoms with Crippen LogP contribution in [0.3, 0.4) is 0 Å². The summed E-state index contributed by atoms with van der Waals surface area (Å²) in [5.74, 6) is -0.843. The van der Waals surface area contributed by atoms with E-state index in [1.54, 1.807) is 32.0 Å². The van der Waals surface area contributed by atoms with Crippen molar-refractivity contribution in [1.82, 2.24) is 14.7 Å². The normalized spacial score (nSPS) is 12.3. The van der Waals surface area contributed by atoms with Gasteiger partial charge in [0, 0.05) is 30.0 Å². The van der Waals surface area contributed by atoms with Gasteiger partial charge in [0.1, 0.15) is 11.5 Å². The highest BCUT2D eigenvalue weighted by Crippen LogP contribution is 2.24. The minimum atomic E-state index is -0.874. The third kappa shape index (κ3) is 3.50.